The Morgan fingerprint density at radius 2 is 1.92 bits per heavy atom. The summed E-state index contributed by atoms with van der Waals surface area (Å²) in [5.41, 5.74) is 0. The van der Waals surface area contributed by atoms with E-state index in [1.54, 1.807) is 6.92 Å². The van der Waals surface area contributed by atoms with Gasteiger partial charge in [-0.25, -0.2) is 8.42 Å². The van der Waals surface area contributed by atoms with Gasteiger partial charge in [0.1, 0.15) is 0 Å². The normalized spacial score (nSPS) is 14.4. The summed E-state index contributed by atoms with van der Waals surface area (Å²) in [4.78, 5) is 1.85. The van der Waals surface area contributed by atoms with Gasteiger partial charge in [-0.1, -0.05) is 32.6 Å². The summed E-state index contributed by atoms with van der Waals surface area (Å²) in [6.45, 7) is 3.81. The number of sulfonamides is 1. The summed E-state index contributed by atoms with van der Waals surface area (Å²) >= 11 is 0. The van der Waals surface area contributed by atoms with Crippen LogP contribution in [0, 0.1) is 0 Å². The Kier molecular flexibility index (Phi) is 6.28. The summed E-state index contributed by atoms with van der Waals surface area (Å²) in [6.07, 6.45) is 5.07. The average Bonchev–Trinajstić information content (AvgIpc) is 2.12. The van der Waals surface area contributed by atoms with E-state index in [1.165, 1.54) is 6.42 Å². The number of nitrogens with two attached hydrogens (primary N) is 1. The van der Waals surface area contributed by atoms with E-state index in [-0.39, 0.29) is 5.25 Å². The molecule has 0 rings (SSSR count). The maximum Gasteiger partial charge on any atom is 0.226 e. The van der Waals surface area contributed by atoms with Gasteiger partial charge in [0.25, 0.3) is 0 Å². The van der Waals surface area contributed by atoms with E-state index in [0.29, 0.717) is 6.42 Å². The highest BCUT2D eigenvalue weighted by atomic mass is 32.2. The van der Waals surface area contributed by atoms with Gasteiger partial charge in [0, 0.05) is 0 Å². The molecule has 0 radical (unpaired) electrons. The largest absolute Gasteiger partial charge is 0.258 e. The van der Waals surface area contributed by atoms with E-state index in [9.17, 15) is 8.42 Å². The van der Waals surface area contributed by atoms with Crippen molar-refractivity contribution in [2.75, 3.05) is 0 Å². The predicted molar refractivity (Wildman–Crippen MR) is 54.5 cm³/mol. The lowest BCUT2D eigenvalue weighted by atomic mass is 10.1. The van der Waals surface area contributed by atoms with Crippen molar-refractivity contribution in [1.29, 1.82) is 0 Å². The summed E-state index contributed by atoms with van der Waals surface area (Å²) in [6, 6.07) is 0. The number of hydrogen-bond acceptors (Lipinski definition) is 3. The molecular weight excluding hydrogens is 188 g/mol. The van der Waals surface area contributed by atoms with Crippen LogP contribution in [-0.4, -0.2) is 13.7 Å². The van der Waals surface area contributed by atoms with Crippen molar-refractivity contribution in [3.05, 3.63) is 0 Å². The lowest BCUT2D eigenvalue weighted by molar-refractivity contribution is 0.552. The highest BCUT2D eigenvalue weighted by Gasteiger charge is 2.17. The average molecular weight is 208 g/mol. The molecule has 0 aliphatic heterocycles. The Bertz CT molecular complexity index is 214. The van der Waals surface area contributed by atoms with Crippen molar-refractivity contribution in [1.82, 2.24) is 4.83 Å². The van der Waals surface area contributed by atoms with Gasteiger partial charge in [-0.15, -0.1) is 0 Å². The number of nitrogens with one attached hydrogen (secondary N) is 1. The molecule has 0 heterocycles. The molecule has 4 nitrogen and oxygen atoms in total. The number of hydrogen-bond donors (Lipinski definition) is 2. The third kappa shape index (κ3) is 5.23. The van der Waals surface area contributed by atoms with Crippen LogP contribution in [0.15, 0.2) is 0 Å². The third-order valence-corrected chi connectivity index (χ3v) is 3.78. The van der Waals surface area contributed by atoms with Crippen LogP contribution in [0.25, 0.3) is 0 Å². The van der Waals surface area contributed by atoms with Crippen LogP contribution in [0.5, 0.6) is 0 Å². The maximum atomic E-state index is 11.1. The van der Waals surface area contributed by atoms with Gasteiger partial charge in [-0.3, -0.25) is 5.84 Å². The monoisotopic (exact) mass is 208 g/mol. The van der Waals surface area contributed by atoms with Crippen molar-refractivity contribution in [3.8, 4) is 0 Å². The second kappa shape index (κ2) is 6.34. The van der Waals surface area contributed by atoms with E-state index in [4.69, 9.17) is 5.84 Å². The van der Waals surface area contributed by atoms with E-state index < -0.39 is 10.0 Å². The molecule has 0 saturated heterocycles. The first kappa shape index (κ1) is 12.9. The summed E-state index contributed by atoms with van der Waals surface area (Å²) in [7, 11) is -3.26. The SMILES string of the molecule is CCCCCCC(C)S(=O)(=O)NN. The lowest BCUT2D eigenvalue weighted by Crippen LogP contribution is -2.37. The molecular formula is C8H20N2O2S. The Hall–Kier alpha value is -0.130. The standard InChI is InChI=1S/C8H20N2O2S/c1-3-4-5-6-7-8(2)13(11,12)10-9/h8,10H,3-7,9H2,1-2H3. The van der Waals surface area contributed by atoms with Crippen LogP contribution in [-0.2, 0) is 10.0 Å². The van der Waals surface area contributed by atoms with Crippen LogP contribution in [0.3, 0.4) is 0 Å². The summed E-state index contributed by atoms with van der Waals surface area (Å²) in [5, 5.41) is -0.380. The minimum absolute atomic E-state index is 0.380. The summed E-state index contributed by atoms with van der Waals surface area (Å²) in [5.74, 6) is 4.90. The van der Waals surface area contributed by atoms with Gasteiger partial charge in [0.2, 0.25) is 10.0 Å². The lowest BCUT2D eigenvalue weighted by Gasteiger charge is -2.10. The van der Waals surface area contributed by atoms with E-state index in [2.05, 4.69) is 6.92 Å². The molecule has 0 amide bonds. The Balaban J connectivity index is 3.69. The van der Waals surface area contributed by atoms with E-state index in [1.807, 2.05) is 4.83 Å². The quantitative estimate of drug-likeness (QED) is 0.374. The van der Waals surface area contributed by atoms with Gasteiger partial charge in [0.05, 0.1) is 5.25 Å². The molecule has 80 valence electrons. The van der Waals surface area contributed by atoms with Gasteiger partial charge >= 0.3 is 0 Å². The highest BCUT2D eigenvalue weighted by molar-refractivity contribution is 7.90. The molecule has 0 aromatic rings. The van der Waals surface area contributed by atoms with Crippen LogP contribution < -0.4 is 10.7 Å². The van der Waals surface area contributed by atoms with Gasteiger partial charge in [-0.05, 0) is 13.3 Å². The molecule has 0 bridgehead atoms. The fraction of sp³-hybridized carbons (Fsp3) is 1.00. The zero-order chi connectivity index (χ0) is 10.3. The molecule has 0 aliphatic carbocycles. The van der Waals surface area contributed by atoms with Crippen LogP contribution in [0.2, 0.25) is 0 Å². The van der Waals surface area contributed by atoms with Crippen LogP contribution in [0.4, 0.5) is 0 Å². The van der Waals surface area contributed by atoms with Crippen LogP contribution in [0.1, 0.15) is 46.0 Å². The third-order valence-electron chi connectivity index (χ3n) is 2.16. The highest BCUT2D eigenvalue weighted by Crippen LogP contribution is 2.09. The second-order valence-electron chi connectivity index (χ2n) is 3.32. The van der Waals surface area contributed by atoms with E-state index >= 15 is 0 Å². The number of rotatable bonds is 7. The molecule has 0 aromatic heterocycles. The first-order valence-electron chi connectivity index (χ1n) is 4.75. The van der Waals surface area contributed by atoms with Gasteiger partial charge in [0.15, 0.2) is 0 Å². The minimum Gasteiger partial charge on any atom is -0.258 e. The van der Waals surface area contributed by atoms with E-state index in [0.717, 1.165) is 19.3 Å². The zero-order valence-electron chi connectivity index (χ0n) is 8.41. The smallest absolute Gasteiger partial charge is 0.226 e. The Labute approximate surface area is 80.9 Å². The van der Waals surface area contributed by atoms with Crippen molar-refractivity contribution in [2.45, 2.75) is 51.2 Å². The molecule has 0 fully saturated rings. The van der Waals surface area contributed by atoms with Gasteiger partial charge < -0.3 is 0 Å². The minimum atomic E-state index is -3.26. The molecule has 1 atom stereocenters. The second-order valence-corrected chi connectivity index (χ2v) is 5.45. The Morgan fingerprint density at radius 1 is 1.31 bits per heavy atom. The van der Waals surface area contributed by atoms with Gasteiger partial charge in [-0.2, -0.15) is 4.83 Å². The molecule has 1 unspecified atom stereocenters. The molecule has 13 heavy (non-hydrogen) atoms. The van der Waals surface area contributed by atoms with Crippen molar-refractivity contribution in [3.63, 3.8) is 0 Å². The molecule has 0 spiro atoms. The molecule has 5 heteroatoms. The fourth-order valence-corrected chi connectivity index (χ4v) is 1.84. The topological polar surface area (TPSA) is 72.2 Å². The number of unbranched alkanes of at least 4 members (excludes halogenated alkanes) is 3. The maximum absolute atomic E-state index is 11.1. The first-order valence-corrected chi connectivity index (χ1v) is 6.30. The first-order chi connectivity index (χ1) is 6.04. The van der Waals surface area contributed by atoms with Crippen molar-refractivity contribution in [2.24, 2.45) is 5.84 Å². The van der Waals surface area contributed by atoms with Crippen LogP contribution >= 0.6 is 0 Å². The predicted octanol–water partition coefficient (Wildman–Crippen LogP) is 1.14. The molecule has 0 saturated carbocycles. The van der Waals surface area contributed by atoms with Crippen molar-refractivity contribution >= 4 is 10.0 Å². The molecule has 0 aromatic carbocycles. The number of hydrazine groups is 1. The Morgan fingerprint density at radius 3 is 2.38 bits per heavy atom. The summed E-state index contributed by atoms with van der Waals surface area (Å²) < 4.78 is 22.3. The zero-order valence-corrected chi connectivity index (χ0v) is 9.23. The molecule has 0 aliphatic rings. The fourth-order valence-electron chi connectivity index (χ4n) is 1.13. The van der Waals surface area contributed by atoms with Crippen molar-refractivity contribution < 1.29 is 8.42 Å². The molecule has 3 N–H and O–H groups in total.